The van der Waals surface area contributed by atoms with Gasteiger partial charge < -0.3 is 15.2 Å². The molecule has 136 valence electrons. The summed E-state index contributed by atoms with van der Waals surface area (Å²) in [6.07, 6.45) is 3.76. The molecule has 6 nitrogen and oxygen atoms in total. The summed E-state index contributed by atoms with van der Waals surface area (Å²) >= 11 is 0. The molecule has 2 saturated heterocycles. The Hall–Kier alpha value is -1.79. The second-order valence-electron chi connectivity index (χ2n) is 6.92. The molecule has 2 fully saturated rings. The number of fused-ring (bicyclic) bond motifs is 1. The predicted molar refractivity (Wildman–Crippen MR) is 100 cm³/mol. The van der Waals surface area contributed by atoms with Crippen molar-refractivity contribution in [3.05, 3.63) is 34.7 Å². The summed E-state index contributed by atoms with van der Waals surface area (Å²) in [7, 11) is 0. The minimum absolute atomic E-state index is 0. The molecule has 0 aliphatic carbocycles. The van der Waals surface area contributed by atoms with Crippen molar-refractivity contribution in [2.75, 3.05) is 26.2 Å². The smallest absolute Gasteiger partial charge is 0.326 e. The van der Waals surface area contributed by atoms with Gasteiger partial charge in [0.2, 0.25) is 5.91 Å². The summed E-state index contributed by atoms with van der Waals surface area (Å²) < 4.78 is 1.87. The molecule has 2 N–H and O–H groups in total. The lowest BCUT2D eigenvalue weighted by Gasteiger charge is -2.35. The zero-order valence-corrected chi connectivity index (χ0v) is 15.1. The van der Waals surface area contributed by atoms with Crippen LogP contribution in [0.2, 0.25) is 0 Å². The van der Waals surface area contributed by atoms with Crippen molar-refractivity contribution in [1.82, 2.24) is 19.8 Å². The summed E-state index contributed by atoms with van der Waals surface area (Å²) in [5.41, 5.74) is 1.80. The molecule has 1 amide bonds. The van der Waals surface area contributed by atoms with Crippen LogP contribution in [0.3, 0.4) is 0 Å². The van der Waals surface area contributed by atoms with Crippen molar-refractivity contribution in [3.8, 4) is 0 Å². The number of piperidine rings is 2. The van der Waals surface area contributed by atoms with Crippen LogP contribution in [-0.4, -0.2) is 46.5 Å². The third-order valence-electron chi connectivity index (χ3n) is 5.41. The molecule has 0 saturated carbocycles. The van der Waals surface area contributed by atoms with E-state index in [0.717, 1.165) is 62.9 Å². The Labute approximate surface area is 153 Å². The van der Waals surface area contributed by atoms with Crippen molar-refractivity contribution in [2.24, 2.45) is 5.92 Å². The molecule has 1 aromatic heterocycles. The molecule has 1 aromatic carbocycles. The van der Waals surface area contributed by atoms with Crippen LogP contribution in [0, 0.1) is 5.92 Å². The van der Waals surface area contributed by atoms with Crippen LogP contribution in [0.15, 0.2) is 29.1 Å². The number of hydrogen-bond donors (Lipinski definition) is 2. The van der Waals surface area contributed by atoms with Gasteiger partial charge in [-0.2, -0.15) is 0 Å². The van der Waals surface area contributed by atoms with Gasteiger partial charge in [-0.1, -0.05) is 12.1 Å². The van der Waals surface area contributed by atoms with Crippen LogP contribution in [0.1, 0.15) is 31.7 Å². The van der Waals surface area contributed by atoms with E-state index in [0.29, 0.717) is 0 Å². The molecule has 0 bridgehead atoms. The average molecular weight is 365 g/mol. The molecular weight excluding hydrogens is 340 g/mol. The summed E-state index contributed by atoms with van der Waals surface area (Å²) in [5, 5.41) is 3.32. The number of likely N-dealkylation sites (tertiary alicyclic amines) is 1. The Balaban J connectivity index is 0.00000182. The van der Waals surface area contributed by atoms with Crippen molar-refractivity contribution in [3.63, 3.8) is 0 Å². The maximum Gasteiger partial charge on any atom is 0.326 e. The molecule has 4 rings (SSSR count). The number of H-pyrrole nitrogens is 1. The van der Waals surface area contributed by atoms with E-state index in [4.69, 9.17) is 0 Å². The molecule has 3 heterocycles. The number of benzene rings is 1. The van der Waals surface area contributed by atoms with E-state index in [1.807, 2.05) is 33.7 Å². The Morgan fingerprint density at radius 2 is 1.88 bits per heavy atom. The highest BCUT2D eigenvalue weighted by atomic mass is 35.5. The van der Waals surface area contributed by atoms with Crippen LogP contribution in [0.25, 0.3) is 11.0 Å². The molecule has 25 heavy (non-hydrogen) atoms. The fourth-order valence-corrected chi connectivity index (χ4v) is 4.10. The highest BCUT2D eigenvalue weighted by Crippen LogP contribution is 2.26. The van der Waals surface area contributed by atoms with Gasteiger partial charge in [-0.15, -0.1) is 12.4 Å². The van der Waals surface area contributed by atoms with Gasteiger partial charge in [0.25, 0.3) is 0 Å². The zero-order valence-electron chi connectivity index (χ0n) is 14.2. The lowest BCUT2D eigenvalue weighted by atomic mass is 9.96. The number of carbonyl (C=O) groups is 1. The molecule has 0 radical (unpaired) electrons. The van der Waals surface area contributed by atoms with Gasteiger partial charge in [0.05, 0.1) is 17.0 Å². The first-order valence-electron chi connectivity index (χ1n) is 8.93. The average Bonchev–Trinajstić information content (AvgIpc) is 2.98. The van der Waals surface area contributed by atoms with E-state index in [1.54, 1.807) is 0 Å². The van der Waals surface area contributed by atoms with E-state index in [9.17, 15) is 9.59 Å². The highest BCUT2D eigenvalue weighted by molar-refractivity contribution is 5.85. The molecule has 2 aliphatic heterocycles. The third kappa shape index (κ3) is 3.46. The van der Waals surface area contributed by atoms with Gasteiger partial charge in [0, 0.05) is 25.7 Å². The van der Waals surface area contributed by atoms with E-state index in [2.05, 4.69) is 10.3 Å². The minimum Gasteiger partial charge on any atom is -0.342 e. The number of hydrogen-bond acceptors (Lipinski definition) is 3. The lowest BCUT2D eigenvalue weighted by Crippen LogP contribution is -2.46. The quantitative estimate of drug-likeness (QED) is 0.855. The molecular formula is C18H25ClN4O2. The third-order valence-corrected chi connectivity index (χ3v) is 5.41. The van der Waals surface area contributed by atoms with Crippen LogP contribution in [-0.2, 0) is 4.79 Å². The van der Waals surface area contributed by atoms with Gasteiger partial charge in [0.15, 0.2) is 0 Å². The van der Waals surface area contributed by atoms with Crippen LogP contribution in [0.4, 0.5) is 0 Å². The summed E-state index contributed by atoms with van der Waals surface area (Å²) in [6, 6.07) is 7.98. The minimum atomic E-state index is -0.0440. The van der Waals surface area contributed by atoms with Crippen molar-refractivity contribution in [2.45, 2.75) is 31.7 Å². The molecule has 1 unspecified atom stereocenters. The Morgan fingerprint density at radius 3 is 2.60 bits per heavy atom. The van der Waals surface area contributed by atoms with E-state index in [1.165, 1.54) is 0 Å². The molecule has 0 spiro atoms. The number of para-hydroxylation sites is 2. The number of halogens is 1. The fourth-order valence-electron chi connectivity index (χ4n) is 4.10. The second-order valence-corrected chi connectivity index (χ2v) is 6.92. The number of nitrogens with one attached hydrogen (secondary N) is 2. The topological polar surface area (TPSA) is 70.1 Å². The number of nitrogens with zero attached hydrogens (tertiary/aromatic N) is 2. The number of aromatic amines is 1. The lowest BCUT2D eigenvalue weighted by molar-refractivity contribution is -0.137. The monoisotopic (exact) mass is 364 g/mol. The van der Waals surface area contributed by atoms with Crippen molar-refractivity contribution >= 4 is 29.3 Å². The Morgan fingerprint density at radius 1 is 1.12 bits per heavy atom. The molecule has 7 heteroatoms. The van der Waals surface area contributed by atoms with Gasteiger partial charge in [-0.3, -0.25) is 9.36 Å². The standard InChI is InChI=1S/C18H24N4O2.ClH/c23-17(13-4-3-9-19-12-13)21-10-7-14(8-11-21)22-16-6-2-1-5-15(16)20-18(22)24;/h1-2,5-6,13-14,19H,3-4,7-12H2,(H,20,24);1H. The van der Waals surface area contributed by atoms with E-state index < -0.39 is 0 Å². The first-order chi connectivity index (χ1) is 11.7. The van der Waals surface area contributed by atoms with Gasteiger partial charge in [0.1, 0.15) is 0 Å². The highest BCUT2D eigenvalue weighted by Gasteiger charge is 2.30. The molecule has 2 aliphatic rings. The summed E-state index contributed by atoms with van der Waals surface area (Å²) in [4.78, 5) is 29.9. The maximum absolute atomic E-state index is 12.6. The van der Waals surface area contributed by atoms with Crippen LogP contribution >= 0.6 is 12.4 Å². The first-order valence-corrected chi connectivity index (χ1v) is 8.93. The van der Waals surface area contributed by atoms with Crippen LogP contribution in [0.5, 0.6) is 0 Å². The maximum atomic E-state index is 12.6. The summed E-state index contributed by atoms with van der Waals surface area (Å²) in [5.74, 6) is 0.415. The number of aromatic nitrogens is 2. The molecule has 1 atom stereocenters. The van der Waals surface area contributed by atoms with Gasteiger partial charge in [-0.25, -0.2) is 4.79 Å². The van der Waals surface area contributed by atoms with E-state index >= 15 is 0 Å². The van der Waals surface area contributed by atoms with Gasteiger partial charge >= 0.3 is 5.69 Å². The number of rotatable bonds is 2. The summed E-state index contributed by atoms with van der Waals surface area (Å²) in [6.45, 7) is 3.31. The predicted octanol–water partition coefficient (Wildman–Crippen LogP) is 1.91. The molecule has 2 aromatic rings. The Kier molecular flexibility index (Phi) is 5.49. The normalized spacial score (nSPS) is 21.9. The van der Waals surface area contributed by atoms with E-state index in [-0.39, 0.29) is 36.0 Å². The van der Waals surface area contributed by atoms with Crippen molar-refractivity contribution in [1.29, 1.82) is 0 Å². The van der Waals surface area contributed by atoms with Crippen molar-refractivity contribution < 1.29 is 4.79 Å². The van der Waals surface area contributed by atoms with Gasteiger partial charge in [-0.05, 0) is 44.4 Å². The largest absolute Gasteiger partial charge is 0.342 e. The zero-order chi connectivity index (χ0) is 16.5. The Bertz CT molecular complexity index is 786. The number of carbonyl (C=O) groups excluding carboxylic acids is 1. The first kappa shape index (κ1) is 18.0. The number of imidazole rings is 1. The fraction of sp³-hybridized carbons (Fsp3) is 0.556. The second kappa shape index (κ2) is 7.62. The van der Waals surface area contributed by atoms with Crippen LogP contribution < -0.4 is 11.0 Å². The SMILES string of the molecule is Cl.O=C(C1CCCNC1)N1CCC(n2c(=O)[nH]c3ccccc32)CC1. The number of amides is 1.